The molecule has 1 saturated heterocycles. The summed E-state index contributed by atoms with van der Waals surface area (Å²) in [7, 11) is 0. The highest BCUT2D eigenvalue weighted by molar-refractivity contribution is 6.42. The number of rotatable bonds is 5. The molecule has 20 heavy (non-hydrogen) atoms. The van der Waals surface area contributed by atoms with Gasteiger partial charge in [-0.25, -0.2) is 0 Å². The van der Waals surface area contributed by atoms with Crippen molar-refractivity contribution in [2.45, 2.75) is 39.0 Å². The van der Waals surface area contributed by atoms with Crippen LogP contribution in [-0.4, -0.2) is 18.9 Å². The number of piperidine rings is 1. The van der Waals surface area contributed by atoms with E-state index in [1.807, 2.05) is 12.1 Å². The smallest absolute Gasteiger partial charge is 0.144 e. The molecule has 1 atom stereocenters. The van der Waals surface area contributed by atoms with E-state index in [1.54, 1.807) is 6.07 Å². The number of carbonyl (C=O) groups excluding carboxylic acids is 1. The molecule has 0 radical (unpaired) electrons. The van der Waals surface area contributed by atoms with E-state index in [4.69, 9.17) is 23.2 Å². The Bertz CT molecular complexity index is 476. The topological polar surface area (TPSA) is 29.1 Å². The average molecular weight is 314 g/mol. The summed E-state index contributed by atoms with van der Waals surface area (Å²) in [6.45, 7) is 3.94. The largest absolute Gasteiger partial charge is 0.316 e. The zero-order valence-electron chi connectivity index (χ0n) is 11.8. The van der Waals surface area contributed by atoms with Gasteiger partial charge < -0.3 is 5.32 Å². The minimum atomic E-state index is -0.224. The van der Waals surface area contributed by atoms with Crippen LogP contribution in [0.25, 0.3) is 0 Å². The molecule has 1 fully saturated rings. The van der Waals surface area contributed by atoms with Crippen molar-refractivity contribution in [1.29, 1.82) is 0 Å². The Morgan fingerprint density at radius 1 is 1.40 bits per heavy atom. The molecular weight excluding hydrogens is 293 g/mol. The molecule has 1 N–H and O–H groups in total. The minimum Gasteiger partial charge on any atom is -0.316 e. The van der Waals surface area contributed by atoms with E-state index in [0.717, 1.165) is 44.3 Å². The lowest BCUT2D eigenvalue weighted by molar-refractivity contribution is -0.129. The van der Waals surface area contributed by atoms with Crippen molar-refractivity contribution in [2.24, 2.45) is 5.41 Å². The Hall–Kier alpha value is -0.570. The summed E-state index contributed by atoms with van der Waals surface area (Å²) in [6, 6.07) is 5.49. The van der Waals surface area contributed by atoms with Crippen LogP contribution in [0.1, 0.15) is 38.2 Å². The summed E-state index contributed by atoms with van der Waals surface area (Å²) in [5, 5.41) is 4.40. The maximum atomic E-state index is 12.8. The molecular formula is C16H21Cl2NO. The molecule has 2 nitrogen and oxygen atoms in total. The normalized spacial score (nSPS) is 22.8. The van der Waals surface area contributed by atoms with Gasteiger partial charge in [-0.2, -0.15) is 0 Å². The van der Waals surface area contributed by atoms with Gasteiger partial charge in [0.2, 0.25) is 0 Å². The molecule has 1 aromatic rings. The van der Waals surface area contributed by atoms with Gasteiger partial charge in [0.05, 0.1) is 10.0 Å². The van der Waals surface area contributed by atoms with Crippen LogP contribution in [-0.2, 0) is 11.2 Å². The summed E-state index contributed by atoms with van der Waals surface area (Å²) in [5.41, 5.74) is 0.615. The maximum absolute atomic E-state index is 12.8. The standard InChI is InChI=1S/C16H21Cl2NO/c1-2-7-16(8-4-9-19-11-16)14(20)10-12-5-3-6-13(17)15(12)18/h3,5-6,19H,2,4,7-11H2,1H3. The zero-order valence-corrected chi connectivity index (χ0v) is 13.4. The molecule has 1 unspecified atom stereocenters. The lowest BCUT2D eigenvalue weighted by Crippen LogP contribution is -2.46. The molecule has 0 amide bonds. The van der Waals surface area contributed by atoms with E-state index in [2.05, 4.69) is 12.2 Å². The third-order valence-electron chi connectivity index (χ3n) is 4.17. The van der Waals surface area contributed by atoms with Gasteiger partial charge in [-0.05, 0) is 37.4 Å². The Morgan fingerprint density at radius 2 is 2.20 bits per heavy atom. The van der Waals surface area contributed by atoms with Crippen LogP contribution in [0.3, 0.4) is 0 Å². The van der Waals surface area contributed by atoms with Gasteiger partial charge in [-0.3, -0.25) is 4.79 Å². The second kappa shape index (κ2) is 6.93. The average Bonchev–Trinajstić information content (AvgIpc) is 2.45. The first-order valence-corrected chi connectivity index (χ1v) is 8.01. The van der Waals surface area contributed by atoms with Crippen molar-refractivity contribution < 1.29 is 4.79 Å². The van der Waals surface area contributed by atoms with E-state index in [-0.39, 0.29) is 11.2 Å². The Morgan fingerprint density at radius 3 is 2.85 bits per heavy atom. The molecule has 1 aromatic carbocycles. The molecule has 110 valence electrons. The number of halogens is 2. The van der Waals surface area contributed by atoms with E-state index in [0.29, 0.717) is 16.5 Å². The van der Waals surface area contributed by atoms with Crippen LogP contribution in [0.2, 0.25) is 10.0 Å². The number of nitrogens with one attached hydrogen (secondary N) is 1. The lowest BCUT2D eigenvalue weighted by Gasteiger charge is -2.36. The molecule has 0 aliphatic carbocycles. The quantitative estimate of drug-likeness (QED) is 0.879. The van der Waals surface area contributed by atoms with E-state index < -0.39 is 0 Å². The Labute approximate surface area is 130 Å². The van der Waals surface area contributed by atoms with Gasteiger partial charge in [0, 0.05) is 18.4 Å². The second-order valence-corrected chi connectivity index (χ2v) is 6.41. The van der Waals surface area contributed by atoms with Crippen molar-refractivity contribution in [3.8, 4) is 0 Å². The lowest BCUT2D eigenvalue weighted by atomic mass is 9.72. The van der Waals surface area contributed by atoms with Crippen molar-refractivity contribution >= 4 is 29.0 Å². The third-order valence-corrected chi connectivity index (χ3v) is 5.03. The number of Topliss-reactive ketones (excluding diaryl/α,β-unsaturated/α-hetero) is 1. The highest BCUT2D eigenvalue weighted by Gasteiger charge is 2.38. The van der Waals surface area contributed by atoms with Crippen molar-refractivity contribution in [1.82, 2.24) is 5.32 Å². The van der Waals surface area contributed by atoms with Crippen molar-refractivity contribution in [3.63, 3.8) is 0 Å². The summed E-state index contributed by atoms with van der Waals surface area (Å²) in [5.74, 6) is 0.288. The van der Waals surface area contributed by atoms with E-state index in [9.17, 15) is 4.79 Å². The van der Waals surface area contributed by atoms with Crippen LogP contribution in [0.15, 0.2) is 18.2 Å². The highest BCUT2D eigenvalue weighted by atomic mass is 35.5. The summed E-state index contributed by atoms with van der Waals surface area (Å²) in [6.07, 6.45) is 4.38. The first-order valence-electron chi connectivity index (χ1n) is 7.26. The van der Waals surface area contributed by atoms with Crippen molar-refractivity contribution in [2.75, 3.05) is 13.1 Å². The third kappa shape index (κ3) is 3.36. The molecule has 1 heterocycles. The van der Waals surface area contributed by atoms with Crippen LogP contribution in [0.5, 0.6) is 0 Å². The van der Waals surface area contributed by atoms with Crippen LogP contribution < -0.4 is 5.32 Å². The Balaban J connectivity index is 2.18. The minimum absolute atomic E-state index is 0.224. The number of hydrogen-bond donors (Lipinski definition) is 1. The number of benzene rings is 1. The fraction of sp³-hybridized carbons (Fsp3) is 0.562. The predicted octanol–water partition coefficient (Wildman–Crippen LogP) is 4.27. The molecule has 1 aliphatic rings. The van der Waals surface area contributed by atoms with E-state index in [1.165, 1.54) is 0 Å². The van der Waals surface area contributed by atoms with Crippen LogP contribution in [0, 0.1) is 5.41 Å². The number of ketones is 1. The number of carbonyl (C=O) groups is 1. The van der Waals surface area contributed by atoms with Gasteiger partial charge in [-0.1, -0.05) is 48.7 Å². The van der Waals surface area contributed by atoms with Crippen LogP contribution in [0.4, 0.5) is 0 Å². The fourth-order valence-corrected chi connectivity index (χ4v) is 3.47. The monoisotopic (exact) mass is 313 g/mol. The SMILES string of the molecule is CCCC1(C(=O)Cc2cccc(Cl)c2Cl)CCCNC1. The maximum Gasteiger partial charge on any atom is 0.144 e. The second-order valence-electron chi connectivity index (χ2n) is 5.62. The molecule has 4 heteroatoms. The van der Waals surface area contributed by atoms with Gasteiger partial charge in [0.1, 0.15) is 5.78 Å². The van der Waals surface area contributed by atoms with Crippen molar-refractivity contribution in [3.05, 3.63) is 33.8 Å². The van der Waals surface area contributed by atoms with Crippen LogP contribution >= 0.6 is 23.2 Å². The number of hydrogen-bond acceptors (Lipinski definition) is 2. The van der Waals surface area contributed by atoms with E-state index >= 15 is 0 Å². The fourth-order valence-electron chi connectivity index (χ4n) is 3.08. The molecule has 0 bridgehead atoms. The predicted molar refractivity (Wildman–Crippen MR) is 84.6 cm³/mol. The molecule has 0 spiro atoms. The zero-order chi connectivity index (χ0) is 14.6. The molecule has 0 saturated carbocycles. The van der Waals surface area contributed by atoms with Gasteiger partial charge >= 0.3 is 0 Å². The summed E-state index contributed by atoms with van der Waals surface area (Å²) in [4.78, 5) is 12.8. The highest BCUT2D eigenvalue weighted by Crippen LogP contribution is 2.35. The van der Waals surface area contributed by atoms with Gasteiger partial charge in [0.25, 0.3) is 0 Å². The van der Waals surface area contributed by atoms with Gasteiger partial charge in [0.15, 0.2) is 0 Å². The first kappa shape index (κ1) is 15.8. The Kier molecular flexibility index (Phi) is 5.48. The summed E-state index contributed by atoms with van der Waals surface area (Å²) >= 11 is 12.2. The first-order chi connectivity index (χ1) is 9.59. The molecule has 2 rings (SSSR count). The summed E-state index contributed by atoms with van der Waals surface area (Å²) < 4.78 is 0. The molecule has 1 aliphatic heterocycles. The van der Waals surface area contributed by atoms with Gasteiger partial charge in [-0.15, -0.1) is 0 Å². The molecule has 0 aromatic heterocycles.